The molecule has 5 amide bonds. The van der Waals surface area contributed by atoms with E-state index in [1.54, 1.807) is 20.8 Å². The Morgan fingerprint density at radius 1 is 0.885 bits per heavy atom. The van der Waals surface area contributed by atoms with Crippen LogP contribution in [0.5, 0.6) is 0 Å². The summed E-state index contributed by atoms with van der Waals surface area (Å²) in [5.74, 6) is -5.58. The lowest BCUT2D eigenvalue weighted by atomic mass is 9.78. The molecule has 0 spiro atoms. The molecule has 1 heterocycles. The Balaban J connectivity index is 1.23. The lowest BCUT2D eigenvalue weighted by Crippen LogP contribution is -2.62. The van der Waals surface area contributed by atoms with Crippen molar-refractivity contribution in [1.29, 1.82) is 0 Å². The number of carbonyl (C=O) groups excluding carboxylic acids is 6. The Hall–Kier alpha value is -4.16. The molecular weight excluding hydrogens is 709 g/mol. The van der Waals surface area contributed by atoms with Crippen molar-refractivity contribution >= 4 is 58.7 Å². The van der Waals surface area contributed by atoms with Gasteiger partial charge in [-0.2, -0.15) is 0 Å². The molecule has 3 fully saturated rings. The van der Waals surface area contributed by atoms with Crippen molar-refractivity contribution in [2.24, 2.45) is 34.8 Å². The van der Waals surface area contributed by atoms with E-state index in [-0.39, 0.29) is 25.0 Å². The normalized spacial score (nSPS) is 23.6. The van der Waals surface area contributed by atoms with Gasteiger partial charge in [-0.3, -0.25) is 19.2 Å². The SMILES string of the molecule is CC(C)(C)[C@H](NC(=O)N[C@H](C(=O)N1C[C@H]2[C@@H]([C@H]1C(=O)NC(C(=O)C(N)=O)C1CCC1)C2(Cl)Cl)C1Cc2ccccc2C1)C(=O)OCc1ccccc1. The lowest BCUT2D eigenvalue weighted by molar-refractivity contribution is -0.150. The molecule has 2 aromatic rings. The van der Waals surface area contributed by atoms with Gasteiger partial charge in [-0.25, -0.2) is 9.59 Å². The van der Waals surface area contributed by atoms with Crippen molar-refractivity contribution in [3.8, 4) is 0 Å². The van der Waals surface area contributed by atoms with Gasteiger partial charge >= 0.3 is 12.0 Å². The van der Waals surface area contributed by atoms with E-state index in [1.165, 1.54) is 4.90 Å². The van der Waals surface area contributed by atoms with Crippen LogP contribution in [0.3, 0.4) is 0 Å². The Labute approximate surface area is 312 Å². The fraction of sp³-hybridized carbons (Fsp3) is 0.526. The number of benzene rings is 2. The van der Waals surface area contributed by atoms with Gasteiger partial charge in [0.2, 0.25) is 17.6 Å². The van der Waals surface area contributed by atoms with E-state index in [0.717, 1.165) is 23.1 Å². The lowest BCUT2D eigenvalue weighted by Gasteiger charge is -2.37. The van der Waals surface area contributed by atoms with Gasteiger partial charge in [0.25, 0.3) is 5.91 Å². The summed E-state index contributed by atoms with van der Waals surface area (Å²) in [6.07, 6.45) is 3.08. The number of fused-ring (bicyclic) bond motifs is 2. The monoisotopic (exact) mass is 753 g/mol. The molecule has 6 rings (SSSR count). The number of alkyl halides is 2. The van der Waals surface area contributed by atoms with Crippen molar-refractivity contribution in [1.82, 2.24) is 20.9 Å². The fourth-order valence-electron chi connectivity index (χ4n) is 7.84. The maximum atomic E-state index is 14.7. The summed E-state index contributed by atoms with van der Waals surface area (Å²) in [6.45, 7) is 5.45. The Kier molecular flexibility index (Phi) is 10.6. The molecule has 1 saturated heterocycles. The molecule has 14 heteroatoms. The molecule has 1 aliphatic heterocycles. The molecule has 3 aliphatic carbocycles. The van der Waals surface area contributed by atoms with Crippen LogP contribution in [0.15, 0.2) is 54.6 Å². The number of ether oxygens (including phenoxy) is 1. The first-order valence-corrected chi connectivity index (χ1v) is 18.5. The highest BCUT2D eigenvalue weighted by Gasteiger charge is 2.74. The van der Waals surface area contributed by atoms with Gasteiger partial charge in [-0.05, 0) is 59.6 Å². The molecule has 0 bridgehead atoms. The zero-order valence-corrected chi connectivity index (χ0v) is 30.9. The third-order valence-corrected chi connectivity index (χ3v) is 12.1. The van der Waals surface area contributed by atoms with E-state index in [9.17, 15) is 28.8 Å². The zero-order valence-electron chi connectivity index (χ0n) is 29.4. The minimum atomic E-state index is -1.28. The predicted octanol–water partition coefficient (Wildman–Crippen LogP) is 3.20. The number of urea groups is 1. The summed E-state index contributed by atoms with van der Waals surface area (Å²) < 4.78 is 4.31. The Bertz CT molecular complexity index is 1720. The summed E-state index contributed by atoms with van der Waals surface area (Å²) in [4.78, 5) is 81.9. The molecule has 2 aromatic carbocycles. The largest absolute Gasteiger partial charge is 0.459 e. The van der Waals surface area contributed by atoms with E-state index < -0.39 is 81.3 Å². The number of nitrogens with zero attached hydrogens (tertiary/aromatic N) is 1. The highest BCUT2D eigenvalue weighted by atomic mass is 35.5. The quantitative estimate of drug-likeness (QED) is 0.146. The van der Waals surface area contributed by atoms with Gasteiger partial charge in [-0.15, -0.1) is 23.2 Å². The molecule has 278 valence electrons. The van der Waals surface area contributed by atoms with Gasteiger partial charge in [0, 0.05) is 18.4 Å². The first-order valence-electron chi connectivity index (χ1n) is 17.7. The van der Waals surface area contributed by atoms with Gasteiger partial charge in [0.1, 0.15) is 35.1 Å². The van der Waals surface area contributed by atoms with Crippen LogP contribution < -0.4 is 21.7 Å². The van der Waals surface area contributed by atoms with Crippen molar-refractivity contribution in [3.05, 3.63) is 71.3 Å². The van der Waals surface area contributed by atoms with Gasteiger partial charge in [-0.1, -0.05) is 81.8 Å². The van der Waals surface area contributed by atoms with Crippen molar-refractivity contribution in [2.75, 3.05) is 6.54 Å². The van der Waals surface area contributed by atoms with E-state index in [0.29, 0.717) is 25.7 Å². The fourth-order valence-corrected chi connectivity index (χ4v) is 8.67. The minimum Gasteiger partial charge on any atom is -0.459 e. The topological polar surface area (TPSA) is 177 Å². The summed E-state index contributed by atoms with van der Waals surface area (Å²) in [7, 11) is 0. The molecule has 0 radical (unpaired) electrons. The number of nitrogens with two attached hydrogens (primary N) is 1. The molecule has 52 heavy (non-hydrogen) atoms. The number of hydrogen-bond acceptors (Lipinski definition) is 7. The van der Waals surface area contributed by atoms with E-state index >= 15 is 0 Å². The second-order valence-electron chi connectivity index (χ2n) is 15.6. The molecular formula is C38H45Cl2N5O7. The average molecular weight is 755 g/mol. The smallest absolute Gasteiger partial charge is 0.329 e. The van der Waals surface area contributed by atoms with E-state index in [1.807, 2.05) is 54.6 Å². The summed E-state index contributed by atoms with van der Waals surface area (Å²) in [5.41, 5.74) is 7.44. The number of likely N-dealkylation sites (tertiary alicyclic amines) is 1. The van der Waals surface area contributed by atoms with Crippen LogP contribution in [0.1, 0.15) is 56.7 Å². The van der Waals surface area contributed by atoms with Crippen LogP contribution in [-0.4, -0.2) is 75.5 Å². The molecule has 12 nitrogen and oxygen atoms in total. The number of esters is 1. The first kappa shape index (κ1) is 37.6. The van der Waals surface area contributed by atoms with Crippen molar-refractivity contribution in [2.45, 2.75) is 88.0 Å². The Morgan fingerprint density at radius 3 is 2.06 bits per heavy atom. The number of piperidine rings is 1. The van der Waals surface area contributed by atoms with Crippen LogP contribution in [0.4, 0.5) is 4.79 Å². The summed E-state index contributed by atoms with van der Waals surface area (Å²) >= 11 is 13.2. The second-order valence-corrected chi connectivity index (χ2v) is 17.0. The molecule has 4 aliphatic rings. The minimum absolute atomic E-state index is 0.0209. The zero-order chi connectivity index (χ0) is 37.5. The summed E-state index contributed by atoms with van der Waals surface area (Å²) in [6, 6.07) is 11.7. The molecule has 5 N–H and O–H groups in total. The molecule has 0 aromatic heterocycles. The number of rotatable bonds is 12. The van der Waals surface area contributed by atoms with Gasteiger partial charge in [0.15, 0.2) is 0 Å². The highest BCUT2D eigenvalue weighted by molar-refractivity contribution is 6.51. The van der Waals surface area contributed by atoms with Crippen LogP contribution >= 0.6 is 23.2 Å². The number of carbonyl (C=O) groups is 6. The van der Waals surface area contributed by atoms with E-state index in [4.69, 9.17) is 33.7 Å². The average Bonchev–Trinajstić information content (AvgIpc) is 3.43. The standard InChI is InChI=1S/C38H45Cl2N5O7/c1-37(2,3)31(35(50)52-19-20-10-5-4-6-11-20)44-36(51)43-28(24-16-22-12-7-8-13-23(22)17-24)34(49)45-18-25-26(38(25,39)40)29(45)33(48)42-27(21-14-9-15-21)30(46)32(41)47/h4-8,10-13,21,24-29,31H,9,14-19H2,1-3H3,(H2,41,47)(H,42,48)(H2,43,44,51)/t25-,26-,27?,28-,29-,31+/m0/s1. The Morgan fingerprint density at radius 2 is 1.50 bits per heavy atom. The maximum Gasteiger partial charge on any atom is 0.329 e. The van der Waals surface area contributed by atoms with Gasteiger partial charge < -0.3 is 31.3 Å². The van der Waals surface area contributed by atoms with Gasteiger partial charge in [0.05, 0.1) is 0 Å². The molecule has 1 unspecified atom stereocenters. The third kappa shape index (κ3) is 7.64. The number of hydrogen-bond donors (Lipinski definition) is 4. The molecule has 6 atom stereocenters. The summed E-state index contributed by atoms with van der Waals surface area (Å²) in [5, 5.41) is 8.33. The van der Waals surface area contributed by atoms with E-state index in [2.05, 4.69) is 16.0 Å². The van der Waals surface area contributed by atoms with Crippen LogP contribution in [-0.2, 0) is 48.2 Å². The van der Waals surface area contributed by atoms with Crippen molar-refractivity contribution in [3.63, 3.8) is 0 Å². The number of ketones is 1. The van der Waals surface area contributed by atoms with Crippen LogP contribution in [0.2, 0.25) is 0 Å². The number of nitrogens with one attached hydrogen (secondary N) is 3. The third-order valence-electron chi connectivity index (χ3n) is 11.0. The number of amides is 5. The van der Waals surface area contributed by atoms with Crippen LogP contribution in [0, 0.1) is 29.1 Å². The highest BCUT2D eigenvalue weighted by Crippen LogP contribution is 2.65. The number of halogens is 2. The second kappa shape index (κ2) is 14.7. The van der Waals surface area contributed by atoms with Crippen molar-refractivity contribution < 1.29 is 33.5 Å². The predicted molar refractivity (Wildman–Crippen MR) is 193 cm³/mol. The molecule has 2 saturated carbocycles. The maximum absolute atomic E-state index is 14.7. The number of primary amides is 1. The van der Waals surface area contributed by atoms with Crippen LogP contribution in [0.25, 0.3) is 0 Å². The number of Topliss-reactive ketones (excluding diaryl/α,β-unsaturated/α-hetero) is 1. The first-order chi connectivity index (χ1) is 24.6.